The number of sulfonamides is 1. The van der Waals surface area contributed by atoms with E-state index in [1.807, 2.05) is 30.3 Å². The highest BCUT2D eigenvalue weighted by Crippen LogP contribution is 2.46. The van der Waals surface area contributed by atoms with Gasteiger partial charge in [-0.25, -0.2) is 8.42 Å². The van der Waals surface area contributed by atoms with Crippen LogP contribution in [0.15, 0.2) is 72.1 Å². The molecule has 2 aromatic rings. The second-order valence-corrected chi connectivity index (χ2v) is 11.0. The fourth-order valence-electron chi connectivity index (χ4n) is 4.92. The lowest BCUT2D eigenvalue weighted by molar-refractivity contribution is -0.120. The summed E-state index contributed by atoms with van der Waals surface area (Å²) in [6.07, 6.45) is 5.20. The number of rotatable bonds is 8. The molecule has 2 N–H and O–H groups in total. The van der Waals surface area contributed by atoms with Gasteiger partial charge in [-0.1, -0.05) is 49.0 Å². The Morgan fingerprint density at radius 3 is 2.38 bits per heavy atom. The fourth-order valence-corrected chi connectivity index (χ4v) is 6.77. The number of hydrogen-bond donors (Lipinski definition) is 2. The van der Waals surface area contributed by atoms with Crippen molar-refractivity contribution in [3.8, 4) is 0 Å². The van der Waals surface area contributed by atoms with E-state index in [1.54, 1.807) is 28.6 Å². The summed E-state index contributed by atoms with van der Waals surface area (Å²) in [5.41, 5.74) is 1.34. The zero-order chi connectivity index (χ0) is 24.2. The maximum absolute atomic E-state index is 13.5. The van der Waals surface area contributed by atoms with Crippen LogP contribution in [0.25, 0.3) is 0 Å². The van der Waals surface area contributed by atoms with Crippen LogP contribution < -0.4 is 10.6 Å². The van der Waals surface area contributed by atoms with Crippen molar-refractivity contribution in [2.24, 2.45) is 0 Å². The van der Waals surface area contributed by atoms with Crippen LogP contribution in [0.2, 0.25) is 0 Å². The third-order valence-corrected chi connectivity index (χ3v) is 8.88. The van der Waals surface area contributed by atoms with Crippen LogP contribution in [0.1, 0.15) is 43.2 Å². The molecule has 1 saturated heterocycles. The Labute approximate surface area is 201 Å². The average Bonchev–Trinajstić information content (AvgIpc) is 2.82. The Kier molecular flexibility index (Phi) is 7.19. The minimum atomic E-state index is -3.68. The molecule has 1 saturated carbocycles. The number of piperidine rings is 1. The first-order chi connectivity index (χ1) is 16.3. The zero-order valence-electron chi connectivity index (χ0n) is 19.2. The molecule has 1 unspecified atom stereocenters. The lowest BCUT2D eigenvalue weighted by Gasteiger charge is -2.54. The summed E-state index contributed by atoms with van der Waals surface area (Å²) in [6, 6.07) is 16.2. The van der Waals surface area contributed by atoms with Crippen molar-refractivity contribution >= 4 is 21.8 Å². The maximum atomic E-state index is 13.5. The van der Waals surface area contributed by atoms with Crippen molar-refractivity contribution in [2.45, 2.75) is 61.5 Å². The highest BCUT2D eigenvalue weighted by molar-refractivity contribution is 7.89. The molecule has 1 aliphatic heterocycles. The maximum Gasteiger partial charge on any atom is 0.243 e. The minimum Gasteiger partial charge on any atom is -0.352 e. The number of benzene rings is 2. The lowest BCUT2D eigenvalue weighted by atomic mass is 9.70. The van der Waals surface area contributed by atoms with Crippen LogP contribution in [0.3, 0.4) is 0 Å². The monoisotopic (exact) mass is 481 g/mol. The van der Waals surface area contributed by atoms with Gasteiger partial charge < -0.3 is 10.6 Å². The number of nitrogens with one attached hydrogen (secondary N) is 2. The van der Waals surface area contributed by atoms with Gasteiger partial charge in [-0.2, -0.15) is 4.31 Å². The largest absolute Gasteiger partial charge is 0.352 e. The molecule has 180 valence electrons. The first kappa shape index (κ1) is 24.2. The normalized spacial score (nSPS) is 19.7. The van der Waals surface area contributed by atoms with Crippen LogP contribution in [0, 0.1) is 0 Å². The average molecular weight is 482 g/mol. The van der Waals surface area contributed by atoms with Gasteiger partial charge in [0, 0.05) is 24.7 Å². The summed E-state index contributed by atoms with van der Waals surface area (Å²) in [7, 11) is -3.68. The Bertz CT molecular complexity index is 1140. The Balaban J connectivity index is 1.40. The molecule has 0 aromatic heterocycles. The standard InChI is InChI=1S/C26H31N3O4S/c1-2-24(30)28-22-13-16-29(26(18-22)14-6-15-26)34(32,33)23-11-9-20(10-12-23)17-25(31)27-19-21-7-4-3-5-8-21/h2-5,7-12,22H,1,6,13-19H2,(H,27,31)(H,28,30). The van der Waals surface area contributed by atoms with Gasteiger partial charge in [0.15, 0.2) is 0 Å². The van der Waals surface area contributed by atoms with Crippen LogP contribution in [-0.2, 0) is 32.6 Å². The second kappa shape index (κ2) is 10.1. The summed E-state index contributed by atoms with van der Waals surface area (Å²) in [5, 5.41) is 5.82. The van der Waals surface area contributed by atoms with Crippen LogP contribution in [0.5, 0.6) is 0 Å². The fraction of sp³-hybridized carbons (Fsp3) is 0.385. The molecule has 8 heteroatoms. The van der Waals surface area contributed by atoms with E-state index in [0.29, 0.717) is 25.9 Å². The summed E-state index contributed by atoms with van der Waals surface area (Å²) in [5.74, 6) is -0.337. The van der Waals surface area contributed by atoms with Crippen molar-refractivity contribution in [1.29, 1.82) is 0 Å². The van der Waals surface area contributed by atoms with Gasteiger partial charge in [0.05, 0.1) is 11.3 Å². The first-order valence-corrected chi connectivity index (χ1v) is 13.1. The Morgan fingerprint density at radius 2 is 1.76 bits per heavy atom. The smallest absolute Gasteiger partial charge is 0.243 e. The Hall–Kier alpha value is -2.97. The van der Waals surface area contributed by atoms with E-state index in [1.165, 1.54) is 6.08 Å². The van der Waals surface area contributed by atoms with E-state index in [4.69, 9.17) is 0 Å². The molecule has 1 aliphatic carbocycles. The zero-order valence-corrected chi connectivity index (χ0v) is 20.0. The van der Waals surface area contributed by atoms with Crippen LogP contribution >= 0.6 is 0 Å². The minimum absolute atomic E-state index is 0.0472. The van der Waals surface area contributed by atoms with Gasteiger partial charge in [0.25, 0.3) is 0 Å². The molecule has 1 atom stereocenters. The molecule has 2 aliphatic rings. The number of amides is 2. The number of nitrogens with zero attached hydrogens (tertiary/aromatic N) is 1. The third kappa shape index (κ3) is 5.23. The van der Waals surface area contributed by atoms with Gasteiger partial charge in [-0.3, -0.25) is 9.59 Å². The molecule has 2 aromatic carbocycles. The molecule has 2 amide bonds. The predicted octanol–water partition coefficient (Wildman–Crippen LogP) is 2.92. The van der Waals surface area contributed by atoms with Crippen molar-refractivity contribution in [3.63, 3.8) is 0 Å². The molecule has 1 spiro atoms. The van der Waals surface area contributed by atoms with E-state index < -0.39 is 15.6 Å². The third-order valence-electron chi connectivity index (χ3n) is 6.86. The summed E-state index contributed by atoms with van der Waals surface area (Å²) >= 11 is 0. The van der Waals surface area contributed by atoms with Gasteiger partial charge in [-0.05, 0) is 61.4 Å². The van der Waals surface area contributed by atoms with Crippen LogP contribution in [-0.4, -0.2) is 42.7 Å². The van der Waals surface area contributed by atoms with Gasteiger partial charge in [-0.15, -0.1) is 0 Å². The topological polar surface area (TPSA) is 95.6 Å². The van der Waals surface area contributed by atoms with E-state index in [0.717, 1.165) is 30.4 Å². The van der Waals surface area contributed by atoms with E-state index in [2.05, 4.69) is 17.2 Å². The highest BCUT2D eigenvalue weighted by Gasteiger charge is 2.51. The molecule has 2 fully saturated rings. The Morgan fingerprint density at radius 1 is 1.06 bits per heavy atom. The van der Waals surface area contributed by atoms with Crippen molar-refractivity contribution in [3.05, 3.63) is 78.4 Å². The SMILES string of the molecule is C=CC(=O)NC1CCN(S(=O)(=O)c2ccc(CC(=O)NCc3ccccc3)cc2)C2(CCC2)C1. The van der Waals surface area contributed by atoms with E-state index in [9.17, 15) is 18.0 Å². The molecular formula is C26H31N3O4S. The second-order valence-electron chi connectivity index (χ2n) is 9.14. The van der Waals surface area contributed by atoms with Crippen molar-refractivity contribution < 1.29 is 18.0 Å². The molecule has 7 nitrogen and oxygen atoms in total. The highest BCUT2D eigenvalue weighted by atomic mass is 32.2. The van der Waals surface area contributed by atoms with Crippen molar-refractivity contribution in [1.82, 2.24) is 14.9 Å². The number of carbonyl (C=O) groups is 2. The van der Waals surface area contributed by atoms with Gasteiger partial charge >= 0.3 is 0 Å². The molecular weight excluding hydrogens is 450 g/mol. The predicted molar refractivity (Wildman–Crippen MR) is 130 cm³/mol. The quantitative estimate of drug-likeness (QED) is 0.567. The number of hydrogen-bond acceptors (Lipinski definition) is 4. The number of carbonyl (C=O) groups excluding carboxylic acids is 2. The molecule has 0 radical (unpaired) electrons. The van der Waals surface area contributed by atoms with Crippen molar-refractivity contribution in [2.75, 3.05) is 6.54 Å². The first-order valence-electron chi connectivity index (χ1n) is 11.7. The van der Waals surface area contributed by atoms with E-state index >= 15 is 0 Å². The van der Waals surface area contributed by atoms with Gasteiger partial charge in [0.1, 0.15) is 0 Å². The lowest BCUT2D eigenvalue weighted by Crippen LogP contribution is -2.63. The molecule has 34 heavy (non-hydrogen) atoms. The molecule has 1 heterocycles. The summed E-state index contributed by atoms with van der Waals surface area (Å²) in [6.45, 7) is 4.32. The van der Waals surface area contributed by atoms with Gasteiger partial charge in [0.2, 0.25) is 21.8 Å². The molecule has 0 bridgehead atoms. The summed E-state index contributed by atoms with van der Waals surface area (Å²) in [4.78, 5) is 24.3. The van der Waals surface area contributed by atoms with E-state index in [-0.39, 0.29) is 29.2 Å². The van der Waals surface area contributed by atoms with Crippen LogP contribution in [0.4, 0.5) is 0 Å². The molecule has 4 rings (SSSR count). The summed E-state index contributed by atoms with van der Waals surface area (Å²) < 4.78 is 28.7.